The first-order valence-electron chi connectivity index (χ1n) is 13.1. The molecule has 0 saturated carbocycles. The Morgan fingerprint density at radius 1 is 0.897 bits per heavy atom. The van der Waals surface area contributed by atoms with Gasteiger partial charge in [0.1, 0.15) is 30.8 Å². The van der Waals surface area contributed by atoms with Gasteiger partial charge in [0.15, 0.2) is 5.78 Å². The number of hydrogen-bond acceptors (Lipinski definition) is 6. The first-order chi connectivity index (χ1) is 17.9. The fraction of sp³-hybridized carbons (Fsp3) is 0.387. The monoisotopic (exact) mass is 574 g/mol. The Hall–Kier alpha value is -2.77. The summed E-state index contributed by atoms with van der Waals surface area (Å²) in [5.41, 5.74) is 5.45. The van der Waals surface area contributed by atoms with Crippen molar-refractivity contribution in [2.45, 2.75) is 39.9 Å². The van der Waals surface area contributed by atoms with E-state index in [1.54, 1.807) is 18.2 Å². The number of ether oxygens (including phenoxy) is 2. The second-order valence-electron chi connectivity index (χ2n) is 9.73. The third-order valence-corrected chi connectivity index (χ3v) is 6.95. The third-order valence-electron chi connectivity index (χ3n) is 6.95. The minimum absolute atomic E-state index is 0. The van der Waals surface area contributed by atoms with Gasteiger partial charge in [0.05, 0.1) is 5.56 Å². The predicted octanol–water partition coefficient (Wildman–Crippen LogP) is 5.88. The number of rotatable bonds is 11. The summed E-state index contributed by atoms with van der Waals surface area (Å²) in [6, 6.07) is 21.8. The van der Waals surface area contributed by atoms with E-state index in [-0.39, 0.29) is 37.2 Å². The number of aryl methyl sites for hydroxylation is 2. The largest absolute Gasteiger partial charge is 0.490 e. The van der Waals surface area contributed by atoms with Crippen molar-refractivity contribution in [1.82, 2.24) is 4.90 Å². The van der Waals surface area contributed by atoms with Crippen LogP contribution in [0.1, 0.15) is 40.4 Å². The highest BCUT2D eigenvalue weighted by molar-refractivity contribution is 5.98. The summed E-state index contributed by atoms with van der Waals surface area (Å²) < 4.78 is 11.9. The lowest BCUT2D eigenvalue weighted by atomic mass is 10.1. The van der Waals surface area contributed by atoms with Crippen LogP contribution in [0.2, 0.25) is 0 Å². The molecule has 0 bridgehead atoms. The first-order valence-corrected chi connectivity index (χ1v) is 13.1. The van der Waals surface area contributed by atoms with Crippen LogP contribution in [-0.2, 0) is 6.61 Å². The van der Waals surface area contributed by atoms with Crippen LogP contribution in [-0.4, -0.2) is 61.2 Å². The molecule has 0 spiro atoms. The van der Waals surface area contributed by atoms with Gasteiger partial charge in [-0.25, -0.2) is 0 Å². The van der Waals surface area contributed by atoms with Gasteiger partial charge in [-0.3, -0.25) is 9.69 Å². The molecule has 3 aromatic rings. The van der Waals surface area contributed by atoms with Crippen molar-refractivity contribution in [3.63, 3.8) is 0 Å². The molecule has 8 heteroatoms. The van der Waals surface area contributed by atoms with Gasteiger partial charge in [-0.05, 0) is 54.8 Å². The van der Waals surface area contributed by atoms with Gasteiger partial charge in [0.2, 0.25) is 0 Å². The molecule has 1 heterocycles. The van der Waals surface area contributed by atoms with E-state index in [0.717, 1.165) is 31.7 Å². The second-order valence-corrected chi connectivity index (χ2v) is 9.73. The number of β-amino-alcohol motifs (C(OH)–C–C–N with tert-alkyl or cyclic N) is 1. The maximum absolute atomic E-state index is 12.5. The first kappa shape index (κ1) is 32.4. The molecule has 1 N–H and O–H groups in total. The number of carbonyl (C=O) groups is 1. The Morgan fingerprint density at radius 2 is 1.62 bits per heavy atom. The molecule has 1 saturated heterocycles. The summed E-state index contributed by atoms with van der Waals surface area (Å²) in [6.45, 7) is 10.8. The summed E-state index contributed by atoms with van der Waals surface area (Å²) >= 11 is 0. The maximum atomic E-state index is 12.5. The molecule has 0 aromatic heterocycles. The zero-order valence-electron chi connectivity index (χ0n) is 23.0. The molecule has 6 nitrogen and oxygen atoms in total. The molecule has 212 valence electrons. The Bertz CT molecular complexity index is 1180. The quantitative estimate of drug-likeness (QED) is 0.288. The van der Waals surface area contributed by atoms with Crippen molar-refractivity contribution in [2.75, 3.05) is 44.2 Å². The van der Waals surface area contributed by atoms with Crippen LogP contribution >= 0.6 is 24.8 Å². The van der Waals surface area contributed by atoms with Crippen LogP contribution in [0.5, 0.6) is 11.5 Å². The van der Waals surface area contributed by atoms with Crippen molar-refractivity contribution >= 4 is 36.3 Å². The average molecular weight is 576 g/mol. The van der Waals surface area contributed by atoms with Crippen molar-refractivity contribution in [1.29, 1.82) is 0 Å². The lowest BCUT2D eigenvalue weighted by molar-refractivity contribution is 0.0654. The number of benzene rings is 3. The fourth-order valence-electron chi connectivity index (χ4n) is 4.52. The number of anilines is 1. The van der Waals surface area contributed by atoms with E-state index in [9.17, 15) is 9.90 Å². The van der Waals surface area contributed by atoms with E-state index in [1.807, 2.05) is 37.3 Å². The van der Waals surface area contributed by atoms with Gasteiger partial charge >= 0.3 is 0 Å². The van der Waals surface area contributed by atoms with Gasteiger partial charge in [0.25, 0.3) is 0 Å². The van der Waals surface area contributed by atoms with Crippen molar-refractivity contribution in [3.05, 3.63) is 89.0 Å². The van der Waals surface area contributed by atoms with Gasteiger partial charge < -0.3 is 19.5 Å². The zero-order valence-corrected chi connectivity index (χ0v) is 24.6. The molecule has 1 aliphatic rings. The second kappa shape index (κ2) is 15.7. The number of nitrogens with zero attached hydrogens (tertiary/aromatic N) is 2. The van der Waals surface area contributed by atoms with E-state index >= 15 is 0 Å². The van der Waals surface area contributed by atoms with Crippen LogP contribution in [0.4, 0.5) is 5.69 Å². The van der Waals surface area contributed by atoms with E-state index in [4.69, 9.17) is 9.47 Å². The number of carbonyl (C=O) groups excluding carboxylic acids is 1. The number of ketones is 1. The Balaban J connectivity index is 0.00000267. The maximum Gasteiger partial charge on any atom is 0.166 e. The lowest BCUT2D eigenvalue weighted by Gasteiger charge is -2.37. The van der Waals surface area contributed by atoms with Crippen LogP contribution in [0.3, 0.4) is 0 Å². The van der Waals surface area contributed by atoms with E-state index in [1.165, 1.54) is 16.8 Å². The van der Waals surface area contributed by atoms with Gasteiger partial charge in [-0.15, -0.1) is 24.8 Å². The minimum atomic E-state index is -0.661. The van der Waals surface area contributed by atoms with Gasteiger partial charge in [0, 0.05) is 50.9 Å². The third kappa shape index (κ3) is 9.14. The summed E-state index contributed by atoms with van der Waals surface area (Å²) in [7, 11) is 0. The molecule has 1 atom stereocenters. The van der Waals surface area contributed by atoms with E-state index in [2.05, 4.69) is 41.8 Å². The molecule has 39 heavy (non-hydrogen) atoms. The topological polar surface area (TPSA) is 62.2 Å². The van der Waals surface area contributed by atoms with Gasteiger partial charge in [-0.1, -0.05) is 43.3 Å². The Kier molecular flexibility index (Phi) is 13.1. The van der Waals surface area contributed by atoms with Crippen molar-refractivity contribution in [3.8, 4) is 11.5 Å². The number of hydrogen-bond donors (Lipinski definition) is 1. The van der Waals surface area contributed by atoms with Crippen LogP contribution < -0.4 is 14.4 Å². The van der Waals surface area contributed by atoms with E-state index in [0.29, 0.717) is 36.6 Å². The van der Waals surface area contributed by atoms with E-state index < -0.39 is 6.10 Å². The molecule has 1 aliphatic heterocycles. The molecule has 0 radical (unpaired) electrons. The minimum Gasteiger partial charge on any atom is -0.490 e. The number of aliphatic hydroxyl groups is 1. The summed E-state index contributed by atoms with van der Waals surface area (Å²) in [5.74, 6) is 1.08. The molecule has 1 unspecified atom stereocenters. The normalized spacial score (nSPS) is 14.1. The molecule has 3 aromatic carbocycles. The number of piperazine rings is 1. The van der Waals surface area contributed by atoms with Crippen LogP contribution in [0.15, 0.2) is 66.7 Å². The SMILES string of the molecule is CCC(=O)c1ccc(OCc2ccccc2)cc1OCC(O)CN1CCN(c2ccc(C)c(C)c2)CC1.Cl.Cl. The standard InChI is InChI=1S/C31H38N2O4.2ClH/c1-4-30(35)29-13-12-28(36-21-25-8-6-5-7-9-25)19-31(29)37-22-27(34)20-32-14-16-33(17-15-32)26-11-10-23(2)24(3)18-26;;/h5-13,18-19,27,34H,4,14-17,20-22H2,1-3H3;2*1H. The molecular formula is C31H40Cl2N2O4. The summed E-state index contributed by atoms with van der Waals surface area (Å²) in [5, 5.41) is 10.7. The number of halogens is 2. The van der Waals surface area contributed by atoms with Crippen LogP contribution in [0, 0.1) is 13.8 Å². The highest BCUT2D eigenvalue weighted by Crippen LogP contribution is 2.27. The van der Waals surface area contributed by atoms with Crippen molar-refractivity contribution < 1.29 is 19.4 Å². The lowest BCUT2D eigenvalue weighted by Crippen LogP contribution is -2.49. The Labute approximate surface area is 244 Å². The fourth-order valence-corrected chi connectivity index (χ4v) is 4.52. The van der Waals surface area contributed by atoms with Gasteiger partial charge in [-0.2, -0.15) is 0 Å². The molecule has 1 fully saturated rings. The predicted molar refractivity (Wildman–Crippen MR) is 162 cm³/mol. The summed E-state index contributed by atoms with van der Waals surface area (Å²) in [6.07, 6.45) is -0.278. The molecular weight excluding hydrogens is 535 g/mol. The highest BCUT2D eigenvalue weighted by Gasteiger charge is 2.21. The van der Waals surface area contributed by atoms with Crippen molar-refractivity contribution in [2.24, 2.45) is 0 Å². The molecule has 0 amide bonds. The molecule has 4 rings (SSSR count). The zero-order chi connectivity index (χ0) is 26.2. The smallest absolute Gasteiger partial charge is 0.166 e. The van der Waals surface area contributed by atoms with Crippen LogP contribution in [0.25, 0.3) is 0 Å². The summed E-state index contributed by atoms with van der Waals surface area (Å²) in [4.78, 5) is 17.1. The highest BCUT2D eigenvalue weighted by atomic mass is 35.5. The molecule has 0 aliphatic carbocycles. The number of Topliss-reactive ketones (excluding diaryl/α,β-unsaturated/α-hetero) is 1. The number of aliphatic hydroxyl groups excluding tert-OH is 1. The average Bonchev–Trinajstić information content (AvgIpc) is 2.93. The Morgan fingerprint density at radius 3 is 2.28 bits per heavy atom.